The minimum Gasteiger partial charge on any atom is -0.507 e. The second-order valence-electron chi connectivity index (χ2n) is 6.80. The first-order chi connectivity index (χ1) is 13.7. The lowest BCUT2D eigenvalue weighted by molar-refractivity contribution is 0.0502. The summed E-state index contributed by atoms with van der Waals surface area (Å²) in [6.45, 7) is -0.393. The Morgan fingerprint density at radius 3 is 2.75 bits per heavy atom. The highest BCUT2D eigenvalue weighted by Crippen LogP contribution is 2.23. The highest BCUT2D eigenvalue weighted by atomic mass is 16.5. The number of nitrogens with one attached hydrogen (secondary N) is 1. The fraction of sp³-hybridized carbons (Fsp3) is 0.227. The second-order valence-corrected chi connectivity index (χ2v) is 6.80. The van der Waals surface area contributed by atoms with Crippen molar-refractivity contribution in [1.82, 2.24) is 9.97 Å². The molecule has 0 radical (unpaired) electrons. The first-order valence-corrected chi connectivity index (χ1v) is 9.22. The number of esters is 1. The molecule has 0 bridgehead atoms. The normalized spacial score (nSPS) is 14.1. The molecular formula is C22H19N3O3. The first-order valence-electron chi connectivity index (χ1n) is 9.22. The minimum absolute atomic E-state index is 0.0468. The summed E-state index contributed by atoms with van der Waals surface area (Å²) in [6.07, 6.45) is 4.30. The summed E-state index contributed by atoms with van der Waals surface area (Å²) >= 11 is 0. The molecule has 0 spiro atoms. The summed E-state index contributed by atoms with van der Waals surface area (Å²) in [4.78, 5) is 19.7. The van der Waals surface area contributed by atoms with Gasteiger partial charge in [0.05, 0.1) is 16.6 Å². The number of carbonyl (C=O) groups is 1. The Bertz CT molecular complexity index is 1090. The highest BCUT2D eigenvalue weighted by molar-refractivity contribution is 5.90. The average molecular weight is 373 g/mol. The van der Waals surface area contributed by atoms with Gasteiger partial charge in [-0.3, -0.25) is 0 Å². The Morgan fingerprint density at radius 2 is 1.96 bits per heavy atom. The number of allylic oxidation sites excluding steroid dienone is 1. The summed E-state index contributed by atoms with van der Waals surface area (Å²) in [6, 6.07) is 14.8. The van der Waals surface area contributed by atoms with Crippen LogP contribution >= 0.6 is 0 Å². The van der Waals surface area contributed by atoms with Crippen molar-refractivity contribution in [2.45, 2.75) is 25.7 Å². The van der Waals surface area contributed by atoms with Gasteiger partial charge in [-0.25, -0.2) is 9.78 Å². The number of imidazole rings is 1. The molecule has 0 saturated carbocycles. The first kappa shape index (κ1) is 17.8. The van der Waals surface area contributed by atoms with Crippen LogP contribution < -0.4 is 0 Å². The summed E-state index contributed by atoms with van der Waals surface area (Å²) < 4.78 is 5.22. The van der Waals surface area contributed by atoms with Crippen molar-refractivity contribution in [3.63, 3.8) is 0 Å². The topological polar surface area (TPSA) is 99.0 Å². The standard InChI is InChI=1S/C22H19N3O3/c23-12-17(21-24-18-7-3-4-8-19(18)25-21)20(26)13-28-22(27)16-10-9-14-5-1-2-6-15(14)11-16/h3-4,7-11,26H,1-2,5-6,13H2,(H,24,25)/b20-17-. The number of nitrogens with zero attached hydrogens (tertiary/aromatic N) is 2. The van der Waals surface area contributed by atoms with Crippen molar-refractivity contribution in [3.05, 3.63) is 70.7 Å². The van der Waals surface area contributed by atoms with Gasteiger partial charge in [0.25, 0.3) is 0 Å². The number of benzene rings is 2. The van der Waals surface area contributed by atoms with Crippen LogP contribution in [0.4, 0.5) is 0 Å². The number of nitriles is 1. The number of aliphatic hydroxyl groups is 1. The van der Waals surface area contributed by atoms with Crippen LogP contribution in [0.5, 0.6) is 0 Å². The zero-order chi connectivity index (χ0) is 19.5. The van der Waals surface area contributed by atoms with E-state index in [2.05, 4.69) is 9.97 Å². The van der Waals surface area contributed by atoms with E-state index in [0.717, 1.165) is 24.8 Å². The molecule has 140 valence electrons. The Morgan fingerprint density at radius 1 is 1.18 bits per heavy atom. The molecule has 1 heterocycles. The van der Waals surface area contributed by atoms with Crippen molar-refractivity contribution in [2.75, 3.05) is 6.61 Å². The largest absolute Gasteiger partial charge is 0.507 e. The molecule has 1 aromatic heterocycles. The van der Waals surface area contributed by atoms with E-state index in [-0.39, 0.29) is 17.2 Å². The number of aryl methyl sites for hydroxylation is 2. The molecule has 0 amide bonds. The van der Waals surface area contributed by atoms with Gasteiger partial charge in [0.1, 0.15) is 18.2 Å². The van der Waals surface area contributed by atoms with Gasteiger partial charge in [0.15, 0.2) is 11.6 Å². The molecule has 0 unspecified atom stereocenters. The van der Waals surface area contributed by atoms with Crippen LogP contribution in [-0.2, 0) is 17.6 Å². The molecule has 2 aromatic carbocycles. The SMILES string of the molecule is N#C/C(=C(/O)COC(=O)c1ccc2c(c1)CCCC2)c1nc2ccccc2[nH]1. The number of aliphatic hydroxyl groups excluding tert-OH is 1. The monoisotopic (exact) mass is 373 g/mol. The lowest BCUT2D eigenvalue weighted by atomic mass is 9.90. The lowest BCUT2D eigenvalue weighted by Crippen LogP contribution is -2.11. The van der Waals surface area contributed by atoms with Gasteiger partial charge in [-0.2, -0.15) is 5.26 Å². The molecule has 0 atom stereocenters. The molecule has 28 heavy (non-hydrogen) atoms. The molecule has 1 aliphatic rings. The van der Waals surface area contributed by atoms with Crippen LogP contribution in [0.2, 0.25) is 0 Å². The number of aromatic nitrogens is 2. The second kappa shape index (κ2) is 7.57. The van der Waals surface area contributed by atoms with E-state index in [1.807, 2.05) is 36.4 Å². The maximum absolute atomic E-state index is 12.4. The average Bonchev–Trinajstić information content (AvgIpc) is 3.15. The van der Waals surface area contributed by atoms with Crippen molar-refractivity contribution < 1.29 is 14.6 Å². The summed E-state index contributed by atoms with van der Waals surface area (Å²) in [5.41, 5.74) is 4.31. The van der Waals surface area contributed by atoms with E-state index in [1.54, 1.807) is 12.1 Å². The third kappa shape index (κ3) is 3.47. The Balaban J connectivity index is 1.51. The van der Waals surface area contributed by atoms with Crippen LogP contribution in [0.25, 0.3) is 16.6 Å². The quantitative estimate of drug-likeness (QED) is 0.408. The van der Waals surface area contributed by atoms with Crippen LogP contribution in [0.1, 0.15) is 40.2 Å². The molecular weight excluding hydrogens is 354 g/mol. The molecule has 6 nitrogen and oxygen atoms in total. The number of H-pyrrole nitrogens is 1. The third-order valence-electron chi connectivity index (χ3n) is 4.95. The Hall–Kier alpha value is -3.59. The van der Waals surface area contributed by atoms with Crippen molar-refractivity contribution in [2.24, 2.45) is 0 Å². The molecule has 6 heteroatoms. The van der Waals surface area contributed by atoms with E-state index in [1.165, 1.54) is 17.5 Å². The number of carbonyl (C=O) groups excluding carboxylic acids is 1. The van der Waals surface area contributed by atoms with Crippen LogP contribution in [-0.4, -0.2) is 27.7 Å². The third-order valence-corrected chi connectivity index (χ3v) is 4.95. The summed E-state index contributed by atoms with van der Waals surface area (Å²) in [5.74, 6) is -0.624. The fourth-order valence-electron chi connectivity index (χ4n) is 3.48. The van der Waals surface area contributed by atoms with Crippen LogP contribution in [0.3, 0.4) is 0 Å². The van der Waals surface area contributed by atoms with Crippen LogP contribution in [0.15, 0.2) is 48.2 Å². The molecule has 0 saturated heterocycles. The van der Waals surface area contributed by atoms with E-state index >= 15 is 0 Å². The van der Waals surface area contributed by atoms with Crippen LogP contribution in [0, 0.1) is 11.3 Å². The van der Waals surface area contributed by atoms with Crippen molar-refractivity contribution >= 4 is 22.6 Å². The molecule has 0 aliphatic heterocycles. The van der Waals surface area contributed by atoms with E-state index in [0.29, 0.717) is 11.1 Å². The van der Waals surface area contributed by atoms with Gasteiger partial charge < -0.3 is 14.8 Å². The van der Waals surface area contributed by atoms with Gasteiger partial charge in [0, 0.05) is 0 Å². The highest BCUT2D eigenvalue weighted by Gasteiger charge is 2.17. The van der Waals surface area contributed by atoms with Gasteiger partial charge >= 0.3 is 5.97 Å². The maximum atomic E-state index is 12.4. The van der Waals surface area contributed by atoms with E-state index in [4.69, 9.17) is 4.74 Å². The van der Waals surface area contributed by atoms with Gasteiger partial charge in [-0.15, -0.1) is 0 Å². The zero-order valence-electron chi connectivity index (χ0n) is 15.2. The molecule has 1 aliphatic carbocycles. The number of hydrogen-bond donors (Lipinski definition) is 2. The minimum atomic E-state index is -0.526. The smallest absolute Gasteiger partial charge is 0.338 e. The number of ether oxygens (including phenoxy) is 1. The lowest BCUT2D eigenvalue weighted by Gasteiger charge is -2.16. The number of para-hydroxylation sites is 2. The van der Waals surface area contributed by atoms with Crippen molar-refractivity contribution in [3.8, 4) is 6.07 Å². The fourth-order valence-corrected chi connectivity index (χ4v) is 3.48. The zero-order valence-corrected chi connectivity index (χ0v) is 15.2. The summed E-state index contributed by atoms with van der Waals surface area (Å²) in [7, 11) is 0. The number of hydrogen-bond acceptors (Lipinski definition) is 5. The number of aromatic amines is 1. The van der Waals surface area contributed by atoms with Gasteiger partial charge in [-0.05, 0) is 61.1 Å². The maximum Gasteiger partial charge on any atom is 0.338 e. The molecule has 2 N–H and O–H groups in total. The Labute approximate surface area is 162 Å². The summed E-state index contributed by atoms with van der Waals surface area (Å²) in [5, 5.41) is 19.7. The molecule has 4 rings (SSSR count). The predicted octanol–water partition coefficient (Wildman–Crippen LogP) is 4.09. The predicted molar refractivity (Wildman–Crippen MR) is 105 cm³/mol. The van der Waals surface area contributed by atoms with Gasteiger partial charge in [-0.1, -0.05) is 18.2 Å². The van der Waals surface area contributed by atoms with Crippen molar-refractivity contribution in [1.29, 1.82) is 5.26 Å². The Kier molecular flexibility index (Phi) is 4.81. The molecule has 0 fully saturated rings. The number of fused-ring (bicyclic) bond motifs is 2. The number of rotatable bonds is 4. The molecule has 3 aromatic rings. The van der Waals surface area contributed by atoms with E-state index in [9.17, 15) is 15.2 Å². The van der Waals surface area contributed by atoms with Gasteiger partial charge in [0.2, 0.25) is 0 Å². The van der Waals surface area contributed by atoms with E-state index < -0.39 is 12.6 Å².